The number of aldehydes is 1. The van der Waals surface area contributed by atoms with E-state index in [1.54, 1.807) is 4.68 Å². The standard InChI is InChI=1S/C24H25ClN10O6S2/c1-11(23(39)40)41-31-17(16-19(25)43-24(26)29-16)20(37)28-18-21(38)35-15(9-36)12(10-42-22(18)35)7-33-5-3-14-13(8-33)30-32-34(14)6-4-27-2/h3,5,8-9,11,18,22,27H,4,6-7,10H2,1-2H3,(H3-,26,28,29,37,39,40)/p+1/b31-17-/t11-,18?,22?/m0/s1. The Morgan fingerprint density at radius 2 is 2.23 bits per heavy atom. The molecule has 2 aliphatic rings. The quantitative estimate of drug-likeness (QED) is 0.0636. The number of thioether (sulfide) groups is 1. The van der Waals surface area contributed by atoms with Crippen molar-refractivity contribution < 1.29 is 33.7 Å². The van der Waals surface area contributed by atoms with Crippen LogP contribution in [0.2, 0.25) is 4.34 Å². The van der Waals surface area contributed by atoms with Gasteiger partial charge in [-0.25, -0.2) is 14.5 Å². The number of allylic oxidation sites excluding steroid dienone is 1. The fourth-order valence-corrected chi connectivity index (χ4v) is 6.71. The molecule has 5 heterocycles. The van der Waals surface area contributed by atoms with Crippen LogP contribution in [0.25, 0.3) is 11.0 Å². The van der Waals surface area contributed by atoms with E-state index >= 15 is 0 Å². The van der Waals surface area contributed by atoms with Crippen molar-refractivity contribution in [3.05, 3.63) is 39.8 Å². The number of anilines is 1. The summed E-state index contributed by atoms with van der Waals surface area (Å²) in [6.45, 7) is 2.97. The lowest BCUT2D eigenvalue weighted by Gasteiger charge is -2.49. The lowest BCUT2D eigenvalue weighted by atomic mass is 10.0. The summed E-state index contributed by atoms with van der Waals surface area (Å²) in [6, 6.07) is 0.899. The van der Waals surface area contributed by atoms with Crippen LogP contribution in [-0.2, 0) is 37.1 Å². The van der Waals surface area contributed by atoms with Gasteiger partial charge in [0.2, 0.25) is 6.10 Å². The van der Waals surface area contributed by atoms with E-state index in [1.807, 2.05) is 30.1 Å². The van der Waals surface area contributed by atoms with Gasteiger partial charge in [-0.15, -0.1) is 16.9 Å². The van der Waals surface area contributed by atoms with Crippen LogP contribution in [0, 0.1) is 0 Å². The monoisotopic (exact) mass is 649 g/mol. The van der Waals surface area contributed by atoms with Gasteiger partial charge >= 0.3 is 5.97 Å². The summed E-state index contributed by atoms with van der Waals surface area (Å²) >= 11 is 8.43. The van der Waals surface area contributed by atoms with E-state index in [0.717, 1.165) is 29.0 Å². The van der Waals surface area contributed by atoms with E-state index < -0.39 is 41.0 Å². The number of thiazole rings is 1. The third-order valence-electron chi connectivity index (χ3n) is 6.64. The molecule has 5 N–H and O–H groups in total. The number of oxime groups is 1. The number of likely N-dealkylation sites (N-methyl/N-ethyl adjacent to an activating group) is 1. The summed E-state index contributed by atoms with van der Waals surface area (Å²) in [5.41, 5.74) is 7.66. The molecule has 1 saturated heterocycles. The molecule has 19 heteroatoms. The number of nitrogen functional groups attached to an aromatic ring is 1. The van der Waals surface area contributed by atoms with Crippen molar-refractivity contribution in [3.8, 4) is 0 Å². The molecule has 0 saturated carbocycles. The van der Waals surface area contributed by atoms with E-state index in [9.17, 15) is 19.2 Å². The van der Waals surface area contributed by atoms with Gasteiger partial charge in [0.25, 0.3) is 11.8 Å². The Morgan fingerprint density at radius 1 is 1.44 bits per heavy atom. The first-order valence-corrected chi connectivity index (χ1v) is 15.1. The number of hydrogen-bond donors (Lipinski definition) is 4. The first-order chi connectivity index (χ1) is 20.6. The van der Waals surface area contributed by atoms with Crippen LogP contribution in [0.5, 0.6) is 0 Å². The molecule has 2 unspecified atom stereocenters. The van der Waals surface area contributed by atoms with Crippen molar-refractivity contribution in [2.24, 2.45) is 5.16 Å². The zero-order valence-corrected chi connectivity index (χ0v) is 25.1. The topological polar surface area (TPSA) is 211 Å². The fraction of sp³-hybridized carbons (Fsp3) is 0.375. The Kier molecular flexibility index (Phi) is 8.90. The highest BCUT2D eigenvalue weighted by Crippen LogP contribution is 2.39. The van der Waals surface area contributed by atoms with Crippen LogP contribution in [0.1, 0.15) is 12.6 Å². The van der Waals surface area contributed by atoms with E-state index in [1.165, 1.54) is 23.6 Å². The number of carbonyl (C=O) groups is 4. The number of nitrogens with one attached hydrogen (secondary N) is 2. The zero-order valence-electron chi connectivity index (χ0n) is 22.8. The number of amides is 2. The van der Waals surface area contributed by atoms with Gasteiger partial charge in [0, 0.05) is 23.9 Å². The number of aliphatic carboxylic acids is 1. The number of carboxylic acid groups (broad SMARTS) is 1. The summed E-state index contributed by atoms with van der Waals surface area (Å²) in [5.74, 6) is -2.27. The highest BCUT2D eigenvalue weighted by atomic mass is 35.5. The highest BCUT2D eigenvalue weighted by molar-refractivity contribution is 8.00. The second-order valence-electron chi connectivity index (χ2n) is 9.47. The Bertz CT molecular complexity index is 1670. The molecule has 1 fully saturated rings. The summed E-state index contributed by atoms with van der Waals surface area (Å²) < 4.78 is 3.69. The predicted molar refractivity (Wildman–Crippen MR) is 156 cm³/mol. The van der Waals surface area contributed by atoms with Crippen LogP contribution in [0.4, 0.5) is 5.13 Å². The predicted octanol–water partition coefficient (Wildman–Crippen LogP) is -0.623. The van der Waals surface area contributed by atoms with Crippen LogP contribution in [0.3, 0.4) is 0 Å². The third-order valence-corrected chi connectivity index (χ3v) is 9.07. The Hall–Kier alpha value is -4.13. The lowest BCUT2D eigenvalue weighted by Crippen LogP contribution is -2.70. The smallest absolute Gasteiger partial charge is 0.347 e. The van der Waals surface area contributed by atoms with Gasteiger partial charge in [0.1, 0.15) is 27.0 Å². The maximum Gasteiger partial charge on any atom is 0.347 e. The molecule has 43 heavy (non-hydrogen) atoms. The fourth-order valence-electron chi connectivity index (χ4n) is 4.43. The molecule has 2 amide bonds. The molecular weight excluding hydrogens is 624 g/mol. The molecule has 0 spiro atoms. The van der Waals surface area contributed by atoms with Gasteiger partial charge < -0.3 is 26.3 Å². The van der Waals surface area contributed by atoms with Gasteiger partial charge in [-0.2, -0.15) is 4.57 Å². The number of rotatable bonds is 12. The number of carboxylic acids is 1. The molecule has 226 valence electrons. The van der Waals surface area contributed by atoms with E-state index in [4.69, 9.17) is 27.3 Å². The van der Waals surface area contributed by atoms with E-state index in [-0.39, 0.29) is 20.9 Å². The summed E-state index contributed by atoms with van der Waals surface area (Å²) in [6.07, 6.45) is 2.95. The number of nitrogens with zero attached hydrogens (tertiary/aromatic N) is 7. The lowest BCUT2D eigenvalue weighted by molar-refractivity contribution is -0.687. The van der Waals surface area contributed by atoms with Gasteiger partial charge in [-0.1, -0.05) is 33.3 Å². The first-order valence-electron chi connectivity index (χ1n) is 12.8. The number of fused-ring (bicyclic) bond motifs is 2. The molecule has 16 nitrogen and oxygen atoms in total. The van der Waals surface area contributed by atoms with Gasteiger partial charge in [0.05, 0.1) is 12.2 Å². The van der Waals surface area contributed by atoms with Gasteiger partial charge in [0.15, 0.2) is 41.6 Å². The second-order valence-corrected chi connectivity index (χ2v) is 12.2. The van der Waals surface area contributed by atoms with Crippen LogP contribution < -0.4 is 20.9 Å². The molecule has 0 aliphatic carbocycles. The number of aromatic nitrogens is 5. The molecule has 2 aliphatic heterocycles. The molecule has 0 radical (unpaired) electrons. The number of hydrogen-bond acceptors (Lipinski definition) is 13. The summed E-state index contributed by atoms with van der Waals surface area (Å²) in [5, 5.41) is 26.3. The number of β-lactam (4-membered cyclic amide) rings is 1. The summed E-state index contributed by atoms with van der Waals surface area (Å²) in [4.78, 5) is 60.1. The van der Waals surface area contributed by atoms with Gasteiger partial charge in [-0.05, 0) is 14.0 Å². The van der Waals surface area contributed by atoms with Crippen LogP contribution in [0.15, 0.2) is 34.9 Å². The first kappa shape index (κ1) is 30.3. The highest BCUT2D eigenvalue weighted by Gasteiger charge is 2.53. The second kappa shape index (κ2) is 12.6. The van der Waals surface area contributed by atoms with Crippen molar-refractivity contribution in [3.63, 3.8) is 0 Å². The van der Waals surface area contributed by atoms with Crippen LogP contribution >= 0.6 is 34.7 Å². The van der Waals surface area contributed by atoms with E-state index in [2.05, 4.69) is 31.1 Å². The SMILES string of the molecule is CNCCn1nnc2c[n+](CC3=C(C=O)N4C(=O)C(NC(=O)/C(=N\O[C@@H](C)C(=O)O)c5nc(N)sc5Cl)C4SC3)ccc21. The van der Waals surface area contributed by atoms with Crippen molar-refractivity contribution in [1.82, 2.24) is 35.5 Å². The molecule has 3 aromatic rings. The largest absolute Gasteiger partial charge is 0.478 e. The van der Waals surface area contributed by atoms with Crippen molar-refractivity contribution in [2.75, 3.05) is 25.1 Å². The minimum Gasteiger partial charge on any atom is -0.478 e. The normalized spacial score (nSPS) is 19.2. The van der Waals surface area contributed by atoms with Crippen molar-refractivity contribution in [1.29, 1.82) is 0 Å². The molecule has 0 aromatic carbocycles. The number of pyridine rings is 1. The maximum absolute atomic E-state index is 13.2. The molecule has 3 aromatic heterocycles. The average molecular weight is 650 g/mol. The molecule has 3 atom stereocenters. The number of nitrogens with two attached hydrogens (primary N) is 1. The minimum absolute atomic E-state index is 0.0265. The summed E-state index contributed by atoms with van der Waals surface area (Å²) in [7, 11) is 1.86. The zero-order chi connectivity index (χ0) is 30.8. The van der Waals surface area contributed by atoms with Crippen molar-refractivity contribution in [2.45, 2.75) is 37.5 Å². The Morgan fingerprint density at radius 3 is 2.91 bits per heavy atom. The molecule has 0 bridgehead atoms. The Balaban J connectivity index is 1.32. The molecular formula is C24H26ClN10O6S2+. The van der Waals surface area contributed by atoms with Crippen LogP contribution in [-0.4, -0.2) is 96.6 Å². The van der Waals surface area contributed by atoms with E-state index in [0.29, 0.717) is 30.6 Å². The molecule has 5 rings (SSSR count). The maximum atomic E-state index is 13.2. The van der Waals surface area contributed by atoms with Crippen molar-refractivity contribution >= 4 is 80.6 Å². The Labute approximate surface area is 256 Å². The minimum atomic E-state index is -1.38. The number of halogens is 1. The van der Waals surface area contributed by atoms with Gasteiger partial charge in [-0.3, -0.25) is 19.3 Å². The number of carbonyl (C=O) groups excluding carboxylic acids is 3. The average Bonchev–Trinajstić information content (AvgIpc) is 3.55. The third kappa shape index (κ3) is 6.03.